The first-order valence-electron chi connectivity index (χ1n) is 2.18. The van der Waals surface area contributed by atoms with Crippen LogP contribution in [0.1, 0.15) is 6.92 Å². The van der Waals surface area contributed by atoms with Crippen molar-refractivity contribution in [2.24, 2.45) is 4.99 Å². The molecule has 1 atom stereocenters. The van der Waals surface area contributed by atoms with Gasteiger partial charge in [-0.25, -0.2) is 4.99 Å². The Labute approximate surface area is 52.9 Å². The number of nitrogens with zero attached hydrogens (tertiary/aromatic N) is 1. The number of rotatable bonds is 2. The summed E-state index contributed by atoms with van der Waals surface area (Å²) in [6, 6.07) is -0.229. The van der Waals surface area contributed by atoms with Gasteiger partial charge in [0.2, 0.25) is 0 Å². The van der Waals surface area contributed by atoms with Gasteiger partial charge in [0, 0.05) is 0 Å². The van der Waals surface area contributed by atoms with Crippen molar-refractivity contribution < 1.29 is 4.39 Å². The lowest BCUT2D eigenvalue weighted by molar-refractivity contribution is 0.794. The van der Waals surface area contributed by atoms with Crippen LogP contribution in [0, 0.1) is 0 Å². The molecule has 0 radical (unpaired) electrons. The van der Waals surface area contributed by atoms with Gasteiger partial charge in [0.05, 0.1) is 6.04 Å². The first-order chi connectivity index (χ1) is 3.66. The highest BCUT2D eigenvalue weighted by Gasteiger charge is 1.91. The van der Waals surface area contributed by atoms with Crippen LogP contribution < -0.4 is 0 Å². The zero-order chi connectivity index (χ0) is 6.57. The molecule has 8 heavy (non-hydrogen) atoms. The highest BCUT2D eigenvalue weighted by atomic mass is 35.5. The van der Waals surface area contributed by atoms with E-state index in [0.29, 0.717) is 0 Å². The van der Waals surface area contributed by atoms with Gasteiger partial charge in [-0.05, 0) is 18.5 Å². The van der Waals surface area contributed by atoms with E-state index in [1.807, 2.05) is 0 Å². The third kappa shape index (κ3) is 3.81. The molecule has 1 unspecified atom stereocenters. The molecule has 0 aliphatic carbocycles. The fraction of sp³-hybridized carbons (Fsp3) is 0.400. The molecule has 0 rings (SSSR count). The van der Waals surface area contributed by atoms with E-state index in [1.165, 1.54) is 6.08 Å². The summed E-state index contributed by atoms with van der Waals surface area (Å²) in [5, 5.41) is 0. The van der Waals surface area contributed by atoms with Crippen molar-refractivity contribution >= 4 is 17.0 Å². The van der Waals surface area contributed by atoms with Gasteiger partial charge in [0.1, 0.15) is 0 Å². The summed E-state index contributed by atoms with van der Waals surface area (Å²) < 4.78 is 11.6. The van der Waals surface area contributed by atoms with Gasteiger partial charge in [0.15, 0.2) is 0 Å². The van der Waals surface area contributed by atoms with E-state index in [-0.39, 0.29) is 6.04 Å². The fourth-order valence-corrected chi connectivity index (χ4v) is 0.361. The van der Waals surface area contributed by atoms with Crippen LogP contribution in [0.3, 0.4) is 0 Å². The van der Waals surface area contributed by atoms with Gasteiger partial charge >= 0.3 is 0 Å². The van der Waals surface area contributed by atoms with Crippen molar-refractivity contribution in [3.63, 3.8) is 0 Å². The fourth-order valence-electron chi connectivity index (χ4n) is 0.207. The van der Waals surface area contributed by atoms with E-state index in [9.17, 15) is 4.39 Å². The normalized spacial score (nSPS) is 15.6. The quantitative estimate of drug-likeness (QED) is 0.406. The lowest BCUT2D eigenvalue weighted by atomic mass is 10.4. The minimum absolute atomic E-state index is 0.229. The molecule has 0 saturated carbocycles. The summed E-state index contributed by atoms with van der Waals surface area (Å²) in [4.78, 5) is 3.29. The van der Waals surface area contributed by atoms with Crippen LogP contribution in [0.4, 0.5) is 4.39 Å². The molecule has 46 valence electrons. The van der Waals surface area contributed by atoms with Crippen molar-refractivity contribution in [1.29, 1.82) is 0 Å². The minimum atomic E-state index is -0.919. The van der Waals surface area contributed by atoms with E-state index < -0.39 is 5.42 Å². The Hall–Kier alpha value is -0.370. The highest BCUT2D eigenvalue weighted by molar-refractivity contribution is 6.62. The summed E-state index contributed by atoms with van der Waals surface area (Å²) in [6.45, 7) is 5.07. The number of halogens is 2. The number of aliphatic imine (C=N–C) groups is 1. The van der Waals surface area contributed by atoms with Crippen LogP contribution >= 0.6 is 11.6 Å². The topological polar surface area (TPSA) is 12.4 Å². The second-order valence-corrected chi connectivity index (χ2v) is 1.66. The first kappa shape index (κ1) is 7.63. The molecule has 0 bridgehead atoms. The van der Waals surface area contributed by atoms with Gasteiger partial charge in [-0.15, -0.1) is 6.58 Å². The second-order valence-electron chi connectivity index (χ2n) is 1.35. The average molecular weight is 136 g/mol. The molecule has 3 heteroatoms. The lowest BCUT2D eigenvalue weighted by Crippen LogP contribution is -1.91. The van der Waals surface area contributed by atoms with E-state index in [0.717, 1.165) is 0 Å². The zero-order valence-electron chi connectivity index (χ0n) is 4.56. The maximum atomic E-state index is 11.6. The molecule has 0 aromatic heterocycles. The Bertz CT molecular complexity index is 107. The Morgan fingerprint density at radius 3 is 2.62 bits per heavy atom. The molecule has 0 saturated heterocycles. The number of hydrogen-bond acceptors (Lipinski definition) is 1. The molecule has 0 aromatic rings. The molecule has 1 nitrogen and oxygen atoms in total. The monoisotopic (exact) mass is 135 g/mol. The Morgan fingerprint density at radius 2 is 2.50 bits per heavy atom. The van der Waals surface area contributed by atoms with Crippen LogP contribution in [0.15, 0.2) is 17.6 Å². The van der Waals surface area contributed by atoms with E-state index in [4.69, 9.17) is 11.6 Å². The van der Waals surface area contributed by atoms with Crippen LogP contribution in [0.2, 0.25) is 0 Å². The van der Waals surface area contributed by atoms with E-state index in [1.54, 1.807) is 6.92 Å². The molecule has 0 N–H and O–H groups in total. The van der Waals surface area contributed by atoms with Gasteiger partial charge in [-0.1, -0.05) is 6.08 Å². The Morgan fingerprint density at radius 1 is 2.00 bits per heavy atom. The lowest BCUT2D eigenvalue weighted by Gasteiger charge is -1.92. The van der Waals surface area contributed by atoms with Crippen LogP contribution in [0.25, 0.3) is 0 Å². The largest absolute Gasteiger partial charge is 0.278 e. The van der Waals surface area contributed by atoms with Gasteiger partial charge in [-0.3, -0.25) is 0 Å². The minimum Gasteiger partial charge on any atom is -0.240 e. The number of hydrogen-bond donors (Lipinski definition) is 0. The van der Waals surface area contributed by atoms with Gasteiger partial charge in [-0.2, -0.15) is 4.39 Å². The summed E-state index contributed by atoms with van der Waals surface area (Å²) in [7, 11) is 0. The maximum absolute atomic E-state index is 11.6. The Balaban J connectivity index is 3.68. The average Bonchev–Trinajstić information content (AvgIpc) is 1.65. The summed E-state index contributed by atoms with van der Waals surface area (Å²) >= 11 is 4.79. The van der Waals surface area contributed by atoms with Crippen molar-refractivity contribution in [3.8, 4) is 0 Å². The van der Waals surface area contributed by atoms with Crippen LogP contribution in [-0.2, 0) is 0 Å². The van der Waals surface area contributed by atoms with Crippen molar-refractivity contribution in [1.82, 2.24) is 0 Å². The van der Waals surface area contributed by atoms with Crippen molar-refractivity contribution in [2.45, 2.75) is 13.0 Å². The SMILES string of the molecule is C=CC(C)N=C(F)Cl. The molecule has 0 fully saturated rings. The van der Waals surface area contributed by atoms with Gasteiger partial charge < -0.3 is 0 Å². The highest BCUT2D eigenvalue weighted by Crippen LogP contribution is 1.94. The molecular weight excluding hydrogens is 129 g/mol. The molecule has 0 aromatic carbocycles. The first-order valence-corrected chi connectivity index (χ1v) is 2.56. The molecule has 0 spiro atoms. The predicted octanol–water partition coefficient (Wildman–Crippen LogP) is 2.13. The zero-order valence-corrected chi connectivity index (χ0v) is 5.32. The molecule has 0 aliphatic heterocycles. The van der Waals surface area contributed by atoms with E-state index in [2.05, 4.69) is 11.6 Å². The van der Waals surface area contributed by atoms with Crippen LogP contribution in [-0.4, -0.2) is 11.5 Å². The molecular formula is C5H7ClFN. The molecule has 0 heterocycles. The third-order valence-electron chi connectivity index (χ3n) is 0.642. The van der Waals surface area contributed by atoms with E-state index >= 15 is 0 Å². The van der Waals surface area contributed by atoms with Crippen molar-refractivity contribution in [3.05, 3.63) is 12.7 Å². The maximum Gasteiger partial charge on any atom is 0.278 e. The molecule has 0 amide bonds. The predicted molar refractivity (Wildman–Crippen MR) is 34.1 cm³/mol. The summed E-state index contributed by atoms with van der Waals surface area (Å²) in [5.74, 6) is 0. The summed E-state index contributed by atoms with van der Waals surface area (Å²) in [5.41, 5.74) is -0.919. The molecule has 0 aliphatic rings. The van der Waals surface area contributed by atoms with Crippen LogP contribution in [0.5, 0.6) is 0 Å². The Kier molecular flexibility index (Phi) is 3.44. The summed E-state index contributed by atoms with van der Waals surface area (Å²) in [6.07, 6.45) is 1.50. The van der Waals surface area contributed by atoms with Gasteiger partial charge in [0.25, 0.3) is 5.42 Å². The smallest absolute Gasteiger partial charge is 0.240 e. The van der Waals surface area contributed by atoms with Crippen molar-refractivity contribution in [2.75, 3.05) is 0 Å². The third-order valence-corrected chi connectivity index (χ3v) is 0.740. The standard InChI is InChI=1S/C5H7ClFN/c1-3-4(2)8-5(6)7/h3-4H,1H2,2H3. The second kappa shape index (κ2) is 3.61.